The molecule has 7 nitrogen and oxygen atoms in total. The molecule has 1 aromatic carbocycles. The first kappa shape index (κ1) is 25.9. The molecule has 4 atom stereocenters. The second kappa shape index (κ2) is 12.2. The van der Waals surface area contributed by atoms with Crippen LogP contribution in [-0.4, -0.2) is 35.6 Å². The number of fused-ring (bicyclic) bond motifs is 2. The molecule has 2 aliphatic rings. The molecule has 0 radical (unpaired) electrons. The number of benzene rings is 1. The summed E-state index contributed by atoms with van der Waals surface area (Å²) in [7, 11) is 0. The standard InChI is InChI=1S/C25H32N2O5.Na/c1-2-3-6-13-26-24(30)19-15-31-25(27-19)23-18(20-10-11-21(23)32-20)14-17-8-5-4-7-16(17)9-12-22(28)29;/h4-5,7-8,15,18,20-21,23H,2-3,6,9-14H2,1H3,(H,26,30)(H,28,29);/q;+1/p-1/t18-,20-,21+,23-;/m0./s1. The quantitative estimate of drug-likeness (QED) is 0.366. The van der Waals surface area contributed by atoms with E-state index in [-0.39, 0.29) is 65.9 Å². The van der Waals surface area contributed by atoms with Gasteiger partial charge >= 0.3 is 29.6 Å². The molecule has 3 heterocycles. The van der Waals surface area contributed by atoms with Crippen LogP contribution >= 0.6 is 0 Å². The summed E-state index contributed by atoms with van der Waals surface area (Å²) >= 11 is 0. The molecular formula is C25H31N2NaO5. The predicted octanol–water partition coefficient (Wildman–Crippen LogP) is -0.215. The van der Waals surface area contributed by atoms with Gasteiger partial charge in [0.25, 0.3) is 5.91 Å². The van der Waals surface area contributed by atoms with E-state index in [1.807, 2.05) is 18.2 Å². The largest absolute Gasteiger partial charge is 1.00 e. The number of aliphatic carboxylic acids is 1. The first-order valence-electron chi connectivity index (χ1n) is 11.7. The van der Waals surface area contributed by atoms with Gasteiger partial charge in [-0.05, 0) is 49.7 Å². The number of carbonyl (C=O) groups excluding carboxylic acids is 2. The second-order valence-electron chi connectivity index (χ2n) is 8.86. The van der Waals surface area contributed by atoms with E-state index < -0.39 is 5.97 Å². The number of carboxylic acids is 1. The Morgan fingerprint density at radius 3 is 2.67 bits per heavy atom. The molecule has 0 unspecified atom stereocenters. The molecule has 8 heteroatoms. The van der Waals surface area contributed by atoms with Gasteiger partial charge in [-0.1, -0.05) is 44.0 Å². The van der Waals surface area contributed by atoms with Gasteiger partial charge in [-0.2, -0.15) is 0 Å². The maximum absolute atomic E-state index is 12.4. The van der Waals surface area contributed by atoms with Crippen LogP contribution in [0.15, 0.2) is 34.9 Å². The zero-order chi connectivity index (χ0) is 22.5. The van der Waals surface area contributed by atoms with Crippen molar-refractivity contribution in [1.29, 1.82) is 0 Å². The normalized spacial score (nSPS) is 23.3. The van der Waals surface area contributed by atoms with Crippen molar-refractivity contribution in [2.75, 3.05) is 6.54 Å². The number of oxazole rings is 1. The topological polar surface area (TPSA) is 104 Å². The number of hydrogen-bond acceptors (Lipinski definition) is 6. The van der Waals surface area contributed by atoms with Crippen LogP contribution in [0.4, 0.5) is 0 Å². The van der Waals surface area contributed by atoms with Crippen LogP contribution in [0.1, 0.15) is 78.9 Å². The molecule has 2 fully saturated rings. The number of unbranched alkanes of at least 4 members (excludes halogenated alkanes) is 2. The fourth-order valence-electron chi connectivity index (χ4n) is 5.08. The van der Waals surface area contributed by atoms with Gasteiger partial charge in [-0.15, -0.1) is 0 Å². The van der Waals surface area contributed by atoms with Crippen LogP contribution in [0, 0.1) is 5.92 Å². The second-order valence-corrected chi connectivity index (χ2v) is 8.86. The van der Waals surface area contributed by atoms with E-state index in [1.165, 1.54) is 6.26 Å². The molecule has 2 bridgehead atoms. The molecule has 33 heavy (non-hydrogen) atoms. The summed E-state index contributed by atoms with van der Waals surface area (Å²) < 4.78 is 12.0. The van der Waals surface area contributed by atoms with Crippen LogP contribution in [-0.2, 0) is 22.4 Å². The Morgan fingerprint density at radius 1 is 1.15 bits per heavy atom. The van der Waals surface area contributed by atoms with Crippen LogP contribution in [0.5, 0.6) is 0 Å². The number of ether oxygens (including phenoxy) is 1. The number of carbonyl (C=O) groups is 2. The molecule has 172 valence electrons. The SMILES string of the molecule is CCCCCNC(=O)c1coc([C@H]2[C@@H](Cc3ccccc3CCC(=O)[O-])[C@@H]3CC[C@H]2O3)n1.[Na+]. The molecule has 1 aromatic heterocycles. The van der Waals surface area contributed by atoms with Crippen molar-refractivity contribution in [3.8, 4) is 0 Å². The van der Waals surface area contributed by atoms with Gasteiger partial charge in [0, 0.05) is 18.4 Å². The molecule has 1 amide bonds. The van der Waals surface area contributed by atoms with Crippen molar-refractivity contribution in [2.45, 2.75) is 76.4 Å². The number of hydrogen-bond donors (Lipinski definition) is 1. The van der Waals surface area contributed by atoms with Gasteiger partial charge < -0.3 is 24.4 Å². The van der Waals surface area contributed by atoms with Crippen molar-refractivity contribution < 1.29 is 53.4 Å². The summed E-state index contributed by atoms with van der Waals surface area (Å²) in [6.45, 7) is 2.76. The van der Waals surface area contributed by atoms with Crippen LogP contribution < -0.4 is 40.0 Å². The van der Waals surface area contributed by atoms with Crippen molar-refractivity contribution in [3.05, 3.63) is 53.2 Å². The van der Waals surface area contributed by atoms with Gasteiger partial charge in [0.15, 0.2) is 5.69 Å². The summed E-state index contributed by atoms with van der Waals surface area (Å²) in [6, 6.07) is 7.95. The molecule has 0 aliphatic carbocycles. The van der Waals surface area contributed by atoms with Crippen molar-refractivity contribution in [3.63, 3.8) is 0 Å². The monoisotopic (exact) mass is 462 g/mol. The van der Waals surface area contributed by atoms with Crippen molar-refractivity contribution in [1.82, 2.24) is 10.3 Å². The summed E-state index contributed by atoms with van der Waals surface area (Å²) in [5.41, 5.74) is 2.46. The molecule has 4 rings (SSSR count). The van der Waals surface area contributed by atoms with Gasteiger partial charge in [-0.3, -0.25) is 4.79 Å². The Hall–Kier alpha value is -1.67. The van der Waals surface area contributed by atoms with Crippen molar-refractivity contribution in [2.24, 2.45) is 5.92 Å². The Kier molecular flexibility index (Phi) is 9.56. The van der Waals surface area contributed by atoms with E-state index in [0.29, 0.717) is 24.6 Å². The molecule has 2 aromatic rings. The average molecular weight is 463 g/mol. The fourth-order valence-corrected chi connectivity index (χ4v) is 5.08. The molecule has 1 N–H and O–H groups in total. The number of aryl methyl sites for hydroxylation is 1. The first-order chi connectivity index (χ1) is 15.6. The Bertz CT molecular complexity index is 946. The molecule has 2 aliphatic heterocycles. The maximum atomic E-state index is 12.4. The number of nitrogens with zero attached hydrogens (tertiary/aromatic N) is 1. The van der Waals surface area contributed by atoms with Gasteiger partial charge in [-0.25, -0.2) is 4.98 Å². The number of carboxylic acid groups (broad SMARTS) is 1. The average Bonchev–Trinajstić information content (AvgIpc) is 3.52. The van der Waals surface area contributed by atoms with Gasteiger partial charge in [0.1, 0.15) is 6.26 Å². The number of nitrogens with one attached hydrogen (secondary N) is 1. The summed E-state index contributed by atoms with van der Waals surface area (Å²) in [6.07, 6.45) is 7.92. The summed E-state index contributed by atoms with van der Waals surface area (Å²) in [4.78, 5) is 27.9. The molecule has 0 spiro atoms. The van der Waals surface area contributed by atoms with Crippen molar-refractivity contribution >= 4 is 11.9 Å². The Morgan fingerprint density at radius 2 is 1.91 bits per heavy atom. The molecular weight excluding hydrogens is 431 g/mol. The van der Waals surface area contributed by atoms with Crippen LogP contribution in [0.3, 0.4) is 0 Å². The zero-order valence-corrected chi connectivity index (χ0v) is 21.5. The van der Waals surface area contributed by atoms with E-state index in [1.54, 1.807) is 0 Å². The number of amides is 1. The minimum absolute atomic E-state index is 0. The number of rotatable bonds is 11. The van der Waals surface area contributed by atoms with Crippen LogP contribution in [0.2, 0.25) is 0 Å². The Labute approximate surface area is 217 Å². The number of aromatic nitrogens is 1. The van der Waals surface area contributed by atoms with Crippen LogP contribution in [0.25, 0.3) is 0 Å². The van der Waals surface area contributed by atoms with E-state index in [9.17, 15) is 14.7 Å². The van der Waals surface area contributed by atoms with Gasteiger partial charge in [0.2, 0.25) is 5.89 Å². The molecule has 2 saturated heterocycles. The third-order valence-corrected chi connectivity index (χ3v) is 6.70. The summed E-state index contributed by atoms with van der Waals surface area (Å²) in [5.74, 6) is -0.514. The van der Waals surface area contributed by atoms with E-state index >= 15 is 0 Å². The van der Waals surface area contributed by atoms with E-state index in [2.05, 4.69) is 23.3 Å². The van der Waals surface area contributed by atoms with E-state index in [4.69, 9.17) is 9.15 Å². The smallest absolute Gasteiger partial charge is 0.550 e. The summed E-state index contributed by atoms with van der Waals surface area (Å²) in [5, 5.41) is 13.8. The van der Waals surface area contributed by atoms with E-state index in [0.717, 1.165) is 49.7 Å². The Balaban J connectivity index is 0.00000306. The third kappa shape index (κ3) is 6.27. The van der Waals surface area contributed by atoms with Gasteiger partial charge in [0.05, 0.1) is 18.1 Å². The first-order valence-corrected chi connectivity index (χ1v) is 11.7. The minimum atomic E-state index is -1.04. The predicted molar refractivity (Wildman–Crippen MR) is 116 cm³/mol. The fraction of sp³-hybridized carbons (Fsp3) is 0.560. The third-order valence-electron chi connectivity index (χ3n) is 6.70. The molecule has 0 saturated carbocycles. The maximum Gasteiger partial charge on any atom is 1.00 e. The zero-order valence-electron chi connectivity index (χ0n) is 19.5. The minimum Gasteiger partial charge on any atom is -0.550 e.